The van der Waals surface area contributed by atoms with Gasteiger partial charge in [0.15, 0.2) is 5.90 Å². The molecule has 1 atom stereocenters. The van der Waals surface area contributed by atoms with Gasteiger partial charge in [-0.2, -0.15) is 0 Å². The molecule has 0 radical (unpaired) electrons. The molecule has 6 nitrogen and oxygen atoms in total. The van der Waals surface area contributed by atoms with Crippen LogP contribution in [0.25, 0.3) is 0 Å². The molecule has 0 aromatic carbocycles. The molecule has 0 spiro atoms. The van der Waals surface area contributed by atoms with Gasteiger partial charge in [0.2, 0.25) is 0 Å². The number of unbranched alkanes of at least 4 members (excludes halogenated alkanes) is 1. The van der Waals surface area contributed by atoms with E-state index in [4.69, 9.17) is 14.3 Å². The highest BCUT2D eigenvalue weighted by atomic mass is 31.2. The fraction of sp³-hybridized carbons (Fsp3) is 0.684. The maximum Gasteiger partial charge on any atom is 0.340 e. The van der Waals surface area contributed by atoms with Gasteiger partial charge in [0.1, 0.15) is 0 Å². The first-order valence-electron chi connectivity index (χ1n) is 9.43. The Hall–Kier alpha value is -0.480. The average molecular weight is 422 g/mol. The summed E-state index contributed by atoms with van der Waals surface area (Å²) in [5, 5.41) is 0. The summed E-state index contributed by atoms with van der Waals surface area (Å²) in [6.45, 7) is 8.55. The van der Waals surface area contributed by atoms with Crippen molar-refractivity contribution in [3.05, 3.63) is 34.9 Å². The highest BCUT2D eigenvalue weighted by Gasteiger charge is 2.30. The van der Waals surface area contributed by atoms with Crippen LogP contribution in [0.2, 0.25) is 0 Å². The van der Waals surface area contributed by atoms with Gasteiger partial charge in [0, 0.05) is 0 Å². The van der Waals surface area contributed by atoms with Gasteiger partial charge in [0.05, 0.1) is 6.61 Å². The predicted octanol–water partition coefficient (Wildman–Crippen LogP) is 5.91. The minimum atomic E-state index is -4.55. The van der Waals surface area contributed by atoms with Crippen molar-refractivity contribution in [3.8, 4) is 0 Å². The van der Waals surface area contributed by atoms with E-state index in [1.54, 1.807) is 0 Å². The lowest BCUT2D eigenvalue weighted by Crippen LogP contribution is -1.97. The van der Waals surface area contributed by atoms with Gasteiger partial charge in [-0.05, 0) is 65.7 Å². The number of rotatable bonds is 14. The quantitative estimate of drug-likeness (QED) is 0.183. The Morgan fingerprint density at radius 3 is 1.81 bits per heavy atom. The Bertz CT molecular complexity index is 616. The largest absolute Gasteiger partial charge is 0.340 e. The smallest absolute Gasteiger partial charge is 0.324 e. The molecule has 3 N–H and O–H groups in total. The minimum Gasteiger partial charge on any atom is -0.324 e. The van der Waals surface area contributed by atoms with Crippen molar-refractivity contribution < 1.29 is 28.3 Å². The second kappa shape index (κ2) is 13.7. The first-order chi connectivity index (χ1) is 12.4. The number of hydrogen-bond donors (Lipinski definition) is 3. The number of hydrogen-bond acceptors (Lipinski definition) is 3. The Morgan fingerprint density at radius 2 is 1.33 bits per heavy atom. The van der Waals surface area contributed by atoms with E-state index in [-0.39, 0.29) is 6.61 Å². The van der Waals surface area contributed by atoms with Gasteiger partial charge in [-0.3, -0.25) is 9.13 Å². The van der Waals surface area contributed by atoms with Crippen molar-refractivity contribution in [1.29, 1.82) is 0 Å². The molecular formula is C19H36O6P2. The van der Waals surface area contributed by atoms with Crippen molar-refractivity contribution in [2.24, 2.45) is 0 Å². The van der Waals surface area contributed by atoms with Gasteiger partial charge in [0.25, 0.3) is 0 Å². The highest BCUT2D eigenvalue weighted by Crippen LogP contribution is 2.55. The predicted molar refractivity (Wildman–Crippen MR) is 112 cm³/mol. The van der Waals surface area contributed by atoms with Gasteiger partial charge in [-0.15, -0.1) is 0 Å². The lowest BCUT2D eigenvalue weighted by molar-refractivity contribution is 0.257. The molecule has 0 heterocycles. The third-order valence-electron chi connectivity index (χ3n) is 4.12. The molecule has 0 aliphatic rings. The van der Waals surface area contributed by atoms with E-state index in [0.29, 0.717) is 12.8 Å². The second-order valence-electron chi connectivity index (χ2n) is 7.00. The molecule has 0 bridgehead atoms. The number of allylic oxidation sites excluding steroid dienone is 6. The van der Waals surface area contributed by atoms with Crippen molar-refractivity contribution in [3.63, 3.8) is 0 Å². The molecule has 27 heavy (non-hydrogen) atoms. The molecule has 0 aliphatic heterocycles. The van der Waals surface area contributed by atoms with Crippen molar-refractivity contribution >= 4 is 15.2 Å². The fourth-order valence-corrected chi connectivity index (χ4v) is 4.96. The summed E-state index contributed by atoms with van der Waals surface area (Å²) in [6.07, 6.45) is 13.1. The van der Waals surface area contributed by atoms with Crippen LogP contribution >= 0.6 is 15.2 Å². The molecule has 1 unspecified atom stereocenters. The molecule has 0 saturated heterocycles. The van der Waals surface area contributed by atoms with E-state index < -0.39 is 21.1 Å². The third kappa shape index (κ3) is 17.4. The van der Waals surface area contributed by atoms with Crippen molar-refractivity contribution in [2.75, 3.05) is 12.5 Å². The standard InChI is InChI=1S/C19H36O6P2/c1-5-17(2)11-8-12-19(4)14-9-13-18(3)10-6-7-15-25-27(23,24)16-26(20,21)22/h10-11,14H,5-9,12-13,15-16H2,1-4H3,(H,23,24)(H2,20,21,22)/b17-11?,18-10+,19-14+. The molecule has 0 aromatic rings. The molecule has 8 heteroatoms. The van der Waals surface area contributed by atoms with Crippen LogP contribution in [0.15, 0.2) is 34.9 Å². The first-order valence-corrected chi connectivity index (χ1v) is 13.0. The Morgan fingerprint density at radius 1 is 0.852 bits per heavy atom. The van der Waals surface area contributed by atoms with Crippen molar-refractivity contribution in [2.45, 2.75) is 72.6 Å². The summed E-state index contributed by atoms with van der Waals surface area (Å²) in [7, 11) is -8.77. The van der Waals surface area contributed by atoms with Crippen LogP contribution in [-0.4, -0.2) is 27.2 Å². The molecule has 0 fully saturated rings. The zero-order chi connectivity index (χ0) is 20.9. The van der Waals surface area contributed by atoms with Crippen LogP contribution in [0.1, 0.15) is 72.6 Å². The maximum atomic E-state index is 11.5. The summed E-state index contributed by atoms with van der Waals surface area (Å²) in [5.74, 6) is -1.13. The monoisotopic (exact) mass is 422 g/mol. The van der Waals surface area contributed by atoms with Crippen LogP contribution in [0.3, 0.4) is 0 Å². The summed E-state index contributed by atoms with van der Waals surface area (Å²) >= 11 is 0. The maximum absolute atomic E-state index is 11.5. The molecule has 0 rings (SSSR count). The molecule has 0 amide bonds. The van der Waals surface area contributed by atoms with Gasteiger partial charge in [-0.25, -0.2) is 0 Å². The fourth-order valence-electron chi connectivity index (χ4n) is 2.35. The lowest BCUT2D eigenvalue weighted by Gasteiger charge is -2.12. The summed E-state index contributed by atoms with van der Waals surface area (Å²) < 4.78 is 27.0. The molecule has 0 saturated carbocycles. The molecule has 0 aromatic heterocycles. The zero-order valence-electron chi connectivity index (χ0n) is 17.1. The van der Waals surface area contributed by atoms with Crippen LogP contribution < -0.4 is 0 Å². The van der Waals surface area contributed by atoms with Crippen LogP contribution in [0.4, 0.5) is 0 Å². The van der Waals surface area contributed by atoms with Crippen LogP contribution in [-0.2, 0) is 13.7 Å². The molecular weight excluding hydrogens is 386 g/mol. The molecule has 158 valence electrons. The normalized spacial score (nSPS) is 16.5. The second-order valence-corrected chi connectivity index (χ2v) is 11.0. The highest BCUT2D eigenvalue weighted by molar-refractivity contribution is 7.70. The summed E-state index contributed by atoms with van der Waals surface area (Å²) in [6, 6.07) is 0. The van der Waals surface area contributed by atoms with E-state index in [1.807, 2.05) is 0 Å². The van der Waals surface area contributed by atoms with Crippen LogP contribution in [0, 0.1) is 0 Å². The van der Waals surface area contributed by atoms with E-state index >= 15 is 0 Å². The Labute approximate surface area is 164 Å². The summed E-state index contributed by atoms with van der Waals surface area (Å²) in [4.78, 5) is 26.8. The SMILES string of the molecule is CCC(C)=CCC/C(C)=C/CC/C(C)=C/CCCOP(=O)(O)CP(=O)(O)O. The topological polar surface area (TPSA) is 104 Å². The van der Waals surface area contributed by atoms with E-state index in [0.717, 1.165) is 32.1 Å². The Balaban J connectivity index is 4.02. The Kier molecular flexibility index (Phi) is 13.4. The third-order valence-corrected chi connectivity index (χ3v) is 7.61. The van der Waals surface area contributed by atoms with Crippen LogP contribution in [0.5, 0.6) is 0 Å². The molecule has 0 aliphatic carbocycles. The van der Waals surface area contributed by atoms with Crippen molar-refractivity contribution in [1.82, 2.24) is 0 Å². The van der Waals surface area contributed by atoms with Gasteiger partial charge in [-0.1, -0.05) is 41.9 Å². The van der Waals surface area contributed by atoms with Gasteiger partial charge >= 0.3 is 15.2 Å². The van der Waals surface area contributed by atoms with E-state index in [9.17, 15) is 14.0 Å². The van der Waals surface area contributed by atoms with Gasteiger partial charge < -0.3 is 19.2 Å². The van der Waals surface area contributed by atoms with E-state index in [1.165, 1.54) is 16.7 Å². The minimum absolute atomic E-state index is 0.00125. The zero-order valence-corrected chi connectivity index (χ0v) is 18.8. The average Bonchev–Trinajstić information content (AvgIpc) is 2.51. The van der Waals surface area contributed by atoms with E-state index in [2.05, 4.69) is 45.9 Å². The summed E-state index contributed by atoms with van der Waals surface area (Å²) in [5.41, 5.74) is 4.09. The lowest BCUT2D eigenvalue weighted by atomic mass is 10.1. The first kappa shape index (κ1) is 26.5.